The minimum Gasteiger partial charge on any atom is -0.256 e. The summed E-state index contributed by atoms with van der Waals surface area (Å²) in [5.41, 5.74) is 7.92. The minimum atomic E-state index is 0.922. The molecule has 0 bridgehead atoms. The Hall–Kier alpha value is -5.74. The lowest BCUT2D eigenvalue weighted by molar-refractivity contribution is 1.28. The normalized spacial score (nSPS) is 11.3. The van der Waals surface area contributed by atoms with Gasteiger partial charge in [0.1, 0.15) is 0 Å². The summed E-state index contributed by atoms with van der Waals surface area (Å²) in [6.45, 7) is 0. The van der Waals surface area contributed by atoms with Gasteiger partial charge < -0.3 is 0 Å². The van der Waals surface area contributed by atoms with Gasteiger partial charge >= 0.3 is 0 Å². The fourth-order valence-electron chi connectivity index (χ4n) is 5.77. The molecule has 0 aliphatic heterocycles. The van der Waals surface area contributed by atoms with Gasteiger partial charge in [-0.15, -0.1) is 0 Å². The third kappa shape index (κ3) is 4.18. The molecule has 0 amide bonds. The molecule has 4 heterocycles. The smallest absolute Gasteiger partial charge is 0.0717 e. The van der Waals surface area contributed by atoms with Gasteiger partial charge in [0.2, 0.25) is 0 Å². The Kier molecular flexibility index (Phi) is 5.75. The second-order valence-corrected chi connectivity index (χ2v) is 10.4. The third-order valence-corrected chi connectivity index (χ3v) is 7.88. The Morgan fingerprint density at radius 1 is 0.286 bits per heavy atom. The van der Waals surface area contributed by atoms with Gasteiger partial charge in [0.25, 0.3) is 0 Å². The van der Waals surface area contributed by atoms with E-state index in [4.69, 9.17) is 9.97 Å². The SMILES string of the molecule is c1ccc(-c2ccc(-c3ccc4c5ccc(-c6ccc(-c7ccccn7)cn6)cc5c5ccccc5c4c3)nc2)nc1. The molecule has 4 aromatic heterocycles. The topological polar surface area (TPSA) is 51.6 Å². The molecule has 0 unspecified atom stereocenters. The molecule has 4 nitrogen and oxygen atoms in total. The Bertz CT molecular complexity index is 2030. The molecule has 0 N–H and O–H groups in total. The summed E-state index contributed by atoms with van der Waals surface area (Å²) in [5.74, 6) is 0. The van der Waals surface area contributed by atoms with E-state index in [-0.39, 0.29) is 0 Å². The first-order chi connectivity index (χ1) is 20.8. The summed E-state index contributed by atoms with van der Waals surface area (Å²) < 4.78 is 0. The lowest BCUT2D eigenvalue weighted by atomic mass is 9.91. The van der Waals surface area contributed by atoms with Crippen LogP contribution < -0.4 is 0 Å². The highest BCUT2D eigenvalue weighted by atomic mass is 14.7. The van der Waals surface area contributed by atoms with E-state index in [1.165, 1.54) is 32.3 Å². The molecule has 0 saturated heterocycles. The van der Waals surface area contributed by atoms with Gasteiger partial charge in [0, 0.05) is 47.0 Å². The van der Waals surface area contributed by atoms with E-state index in [2.05, 4.69) is 94.9 Å². The Morgan fingerprint density at radius 2 is 0.690 bits per heavy atom. The summed E-state index contributed by atoms with van der Waals surface area (Å²) in [4.78, 5) is 18.5. The number of aromatic nitrogens is 4. The van der Waals surface area contributed by atoms with Crippen molar-refractivity contribution in [2.75, 3.05) is 0 Å². The van der Waals surface area contributed by atoms with Crippen LogP contribution in [0.3, 0.4) is 0 Å². The molecule has 0 aliphatic rings. The van der Waals surface area contributed by atoms with Gasteiger partial charge in [-0.25, -0.2) is 0 Å². The standard InChI is InChI=1S/C38H24N4/c1-2-8-30-29(7-1)33-21-25(37-17-13-27(23-41-37)35-9-3-5-19-39-35)11-15-31(33)32-16-12-26(22-34(30)32)38-18-14-28(24-42-38)36-10-4-6-20-40-36/h1-24H. The van der Waals surface area contributed by atoms with Crippen molar-refractivity contribution in [2.24, 2.45) is 0 Å². The minimum absolute atomic E-state index is 0.922. The fraction of sp³-hybridized carbons (Fsp3) is 0. The molecule has 4 aromatic carbocycles. The summed E-state index contributed by atoms with van der Waals surface area (Å²) in [6.07, 6.45) is 7.42. The van der Waals surface area contributed by atoms with E-state index in [9.17, 15) is 0 Å². The van der Waals surface area contributed by atoms with Gasteiger partial charge in [0.05, 0.1) is 22.8 Å². The van der Waals surface area contributed by atoms with Crippen molar-refractivity contribution < 1.29 is 0 Å². The first kappa shape index (κ1) is 24.1. The Morgan fingerprint density at radius 3 is 1.10 bits per heavy atom. The van der Waals surface area contributed by atoms with Gasteiger partial charge in [-0.05, 0) is 93.0 Å². The quantitative estimate of drug-likeness (QED) is 0.210. The van der Waals surface area contributed by atoms with Crippen LogP contribution in [0.4, 0.5) is 0 Å². The van der Waals surface area contributed by atoms with Crippen LogP contribution in [-0.4, -0.2) is 19.9 Å². The lowest BCUT2D eigenvalue weighted by Gasteiger charge is -2.13. The van der Waals surface area contributed by atoms with Crippen LogP contribution in [0.2, 0.25) is 0 Å². The largest absolute Gasteiger partial charge is 0.256 e. The van der Waals surface area contributed by atoms with E-state index in [0.717, 1.165) is 45.0 Å². The summed E-state index contributed by atoms with van der Waals surface area (Å²) in [5, 5.41) is 7.34. The predicted octanol–water partition coefficient (Wildman–Crippen LogP) is 9.39. The van der Waals surface area contributed by atoms with Crippen molar-refractivity contribution in [1.29, 1.82) is 0 Å². The van der Waals surface area contributed by atoms with Gasteiger partial charge in [0.15, 0.2) is 0 Å². The van der Waals surface area contributed by atoms with Crippen LogP contribution in [0.5, 0.6) is 0 Å². The molecule has 8 aromatic rings. The molecule has 0 radical (unpaired) electrons. The van der Waals surface area contributed by atoms with Crippen molar-refractivity contribution in [3.63, 3.8) is 0 Å². The molecule has 4 heteroatoms. The number of benzene rings is 4. The molecule has 42 heavy (non-hydrogen) atoms. The van der Waals surface area contributed by atoms with Crippen LogP contribution >= 0.6 is 0 Å². The molecular weight excluding hydrogens is 512 g/mol. The highest BCUT2D eigenvalue weighted by Gasteiger charge is 2.12. The van der Waals surface area contributed by atoms with Crippen molar-refractivity contribution >= 4 is 32.3 Å². The zero-order chi connectivity index (χ0) is 27.9. The van der Waals surface area contributed by atoms with Crippen LogP contribution in [0.25, 0.3) is 77.3 Å². The molecular formula is C38H24N4. The zero-order valence-corrected chi connectivity index (χ0v) is 22.6. The molecule has 0 atom stereocenters. The number of rotatable bonds is 4. The summed E-state index contributed by atoms with van der Waals surface area (Å²) in [7, 11) is 0. The Labute approximate surface area is 243 Å². The maximum Gasteiger partial charge on any atom is 0.0717 e. The first-order valence-electron chi connectivity index (χ1n) is 14.0. The molecule has 196 valence electrons. The van der Waals surface area contributed by atoms with Crippen LogP contribution in [0.15, 0.2) is 146 Å². The average molecular weight is 537 g/mol. The van der Waals surface area contributed by atoms with Gasteiger partial charge in [-0.2, -0.15) is 0 Å². The van der Waals surface area contributed by atoms with E-state index in [1.54, 1.807) is 12.4 Å². The van der Waals surface area contributed by atoms with Gasteiger partial charge in [-0.1, -0.05) is 60.7 Å². The molecule has 0 saturated carbocycles. The van der Waals surface area contributed by atoms with Crippen LogP contribution in [0.1, 0.15) is 0 Å². The molecule has 0 aliphatic carbocycles. The number of nitrogens with zero attached hydrogens (tertiary/aromatic N) is 4. The lowest BCUT2D eigenvalue weighted by Crippen LogP contribution is -1.90. The van der Waals surface area contributed by atoms with E-state index >= 15 is 0 Å². The molecule has 8 rings (SSSR count). The maximum atomic E-state index is 4.79. The monoisotopic (exact) mass is 536 g/mol. The van der Waals surface area contributed by atoms with E-state index < -0.39 is 0 Å². The maximum absolute atomic E-state index is 4.79. The van der Waals surface area contributed by atoms with Crippen molar-refractivity contribution in [3.8, 4) is 45.0 Å². The number of hydrogen-bond acceptors (Lipinski definition) is 4. The fourth-order valence-corrected chi connectivity index (χ4v) is 5.77. The summed E-state index contributed by atoms with van der Waals surface area (Å²) in [6, 6.07) is 42.2. The highest BCUT2D eigenvalue weighted by Crippen LogP contribution is 2.38. The van der Waals surface area contributed by atoms with E-state index in [0.29, 0.717) is 0 Å². The number of pyridine rings is 4. The molecule has 0 fully saturated rings. The second-order valence-electron chi connectivity index (χ2n) is 10.4. The second kappa shape index (κ2) is 10.0. The van der Waals surface area contributed by atoms with Crippen molar-refractivity contribution in [2.45, 2.75) is 0 Å². The predicted molar refractivity (Wildman–Crippen MR) is 172 cm³/mol. The van der Waals surface area contributed by atoms with Gasteiger partial charge in [-0.3, -0.25) is 19.9 Å². The zero-order valence-electron chi connectivity index (χ0n) is 22.6. The number of hydrogen-bond donors (Lipinski definition) is 0. The highest BCUT2D eigenvalue weighted by molar-refractivity contribution is 6.26. The first-order valence-corrected chi connectivity index (χ1v) is 14.0. The number of fused-ring (bicyclic) bond motifs is 6. The van der Waals surface area contributed by atoms with Crippen LogP contribution in [0, 0.1) is 0 Å². The average Bonchev–Trinajstić information content (AvgIpc) is 3.09. The van der Waals surface area contributed by atoms with Crippen molar-refractivity contribution in [3.05, 3.63) is 146 Å². The Balaban J connectivity index is 1.22. The molecule has 0 spiro atoms. The van der Waals surface area contributed by atoms with E-state index in [1.807, 2.05) is 48.8 Å². The van der Waals surface area contributed by atoms with Crippen molar-refractivity contribution in [1.82, 2.24) is 19.9 Å². The van der Waals surface area contributed by atoms with Crippen LogP contribution in [-0.2, 0) is 0 Å². The summed E-state index contributed by atoms with van der Waals surface area (Å²) >= 11 is 0. The third-order valence-electron chi connectivity index (χ3n) is 7.88.